The van der Waals surface area contributed by atoms with Crippen LogP contribution in [0, 0.1) is 17.3 Å². The SMILES string of the molecule is CCC1(C)C=CC=C(N2CC(C(C)C)C=N2)C=C1. The lowest BCUT2D eigenvalue weighted by Gasteiger charge is -2.20. The van der Waals surface area contributed by atoms with Gasteiger partial charge in [-0.05, 0) is 24.5 Å². The summed E-state index contributed by atoms with van der Waals surface area (Å²) < 4.78 is 0. The molecule has 1 heterocycles. The van der Waals surface area contributed by atoms with Crippen molar-refractivity contribution < 1.29 is 0 Å². The topological polar surface area (TPSA) is 15.6 Å². The molecule has 1 aliphatic heterocycles. The van der Waals surface area contributed by atoms with E-state index in [2.05, 4.69) is 74.4 Å². The van der Waals surface area contributed by atoms with Crippen LogP contribution >= 0.6 is 0 Å². The number of allylic oxidation sites excluding steroid dienone is 5. The third-order valence-electron chi connectivity index (χ3n) is 4.08. The highest BCUT2D eigenvalue weighted by Gasteiger charge is 2.23. The lowest BCUT2D eigenvalue weighted by Crippen LogP contribution is -2.20. The van der Waals surface area contributed by atoms with Crippen LogP contribution in [0.25, 0.3) is 0 Å². The second-order valence-electron chi connectivity index (χ2n) is 5.90. The van der Waals surface area contributed by atoms with Crippen molar-refractivity contribution >= 4 is 6.21 Å². The quantitative estimate of drug-likeness (QED) is 0.733. The molecule has 2 rings (SSSR count). The van der Waals surface area contributed by atoms with E-state index in [1.165, 1.54) is 5.70 Å². The fourth-order valence-corrected chi connectivity index (χ4v) is 2.18. The first kappa shape index (κ1) is 13.1. The molecule has 0 spiro atoms. The molecule has 0 N–H and O–H groups in total. The number of hydrogen-bond acceptors (Lipinski definition) is 2. The highest BCUT2D eigenvalue weighted by Crippen LogP contribution is 2.29. The van der Waals surface area contributed by atoms with Gasteiger partial charge in [0.1, 0.15) is 0 Å². The average molecular weight is 244 g/mol. The molecule has 18 heavy (non-hydrogen) atoms. The monoisotopic (exact) mass is 244 g/mol. The van der Waals surface area contributed by atoms with Crippen LogP contribution in [-0.2, 0) is 0 Å². The summed E-state index contributed by atoms with van der Waals surface area (Å²) in [6, 6.07) is 0. The Balaban J connectivity index is 2.09. The smallest absolute Gasteiger partial charge is 0.0591 e. The first-order valence-corrected chi connectivity index (χ1v) is 6.94. The van der Waals surface area contributed by atoms with Crippen molar-refractivity contribution in [1.82, 2.24) is 5.01 Å². The summed E-state index contributed by atoms with van der Waals surface area (Å²) >= 11 is 0. The summed E-state index contributed by atoms with van der Waals surface area (Å²) in [7, 11) is 0. The minimum atomic E-state index is 0.180. The summed E-state index contributed by atoms with van der Waals surface area (Å²) in [5.74, 6) is 1.23. The van der Waals surface area contributed by atoms with E-state index in [1.807, 2.05) is 0 Å². The molecule has 2 aliphatic rings. The Morgan fingerprint density at radius 2 is 2.22 bits per heavy atom. The normalized spacial score (nSPS) is 31.1. The predicted octanol–water partition coefficient (Wildman–Crippen LogP) is 3.99. The van der Waals surface area contributed by atoms with Gasteiger partial charge in [-0.15, -0.1) is 0 Å². The third-order valence-corrected chi connectivity index (χ3v) is 4.08. The number of nitrogens with zero attached hydrogens (tertiary/aromatic N) is 2. The van der Waals surface area contributed by atoms with Crippen LogP contribution in [0.5, 0.6) is 0 Å². The minimum Gasteiger partial charge on any atom is -0.265 e. The van der Waals surface area contributed by atoms with E-state index in [-0.39, 0.29) is 5.41 Å². The Labute approximate surface area is 111 Å². The van der Waals surface area contributed by atoms with E-state index < -0.39 is 0 Å². The zero-order chi connectivity index (χ0) is 13.2. The Kier molecular flexibility index (Phi) is 3.74. The van der Waals surface area contributed by atoms with Gasteiger partial charge in [0.2, 0.25) is 0 Å². The highest BCUT2D eigenvalue weighted by atomic mass is 15.5. The van der Waals surface area contributed by atoms with Crippen molar-refractivity contribution in [1.29, 1.82) is 0 Å². The van der Waals surface area contributed by atoms with Crippen molar-refractivity contribution in [3.63, 3.8) is 0 Å². The molecule has 0 bridgehead atoms. The maximum Gasteiger partial charge on any atom is 0.0591 e. The van der Waals surface area contributed by atoms with E-state index in [0.29, 0.717) is 11.8 Å². The standard InChI is InChI=1S/C16H24N2/c1-5-16(4)9-6-7-15(8-10-16)18-12-14(11-17-18)13(2)3/h6-11,13-14H,5,12H2,1-4H3. The lowest BCUT2D eigenvalue weighted by molar-refractivity contribution is 0.346. The van der Waals surface area contributed by atoms with Gasteiger partial charge in [-0.1, -0.05) is 45.9 Å². The Morgan fingerprint density at radius 3 is 2.83 bits per heavy atom. The molecule has 2 nitrogen and oxygen atoms in total. The molecule has 0 aromatic rings. The van der Waals surface area contributed by atoms with Crippen molar-refractivity contribution in [2.24, 2.45) is 22.4 Å². The molecule has 2 heteroatoms. The number of rotatable bonds is 3. The molecule has 2 atom stereocenters. The van der Waals surface area contributed by atoms with E-state index in [0.717, 1.165) is 13.0 Å². The number of hydrazone groups is 1. The van der Waals surface area contributed by atoms with Crippen molar-refractivity contribution in [3.8, 4) is 0 Å². The van der Waals surface area contributed by atoms with E-state index >= 15 is 0 Å². The van der Waals surface area contributed by atoms with Crippen LogP contribution in [0.4, 0.5) is 0 Å². The van der Waals surface area contributed by atoms with Crippen LogP contribution in [0.15, 0.2) is 41.2 Å². The maximum absolute atomic E-state index is 4.53. The van der Waals surface area contributed by atoms with Crippen LogP contribution in [0.2, 0.25) is 0 Å². The van der Waals surface area contributed by atoms with Crippen LogP contribution in [0.3, 0.4) is 0 Å². The molecule has 0 amide bonds. The van der Waals surface area contributed by atoms with Gasteiger partial charge in [-0.25, -0.2) is 0 Å². The van der Waals surface area contributed by atoms with Crippen LogP contribution < -0.4 is 0 Å². The zero-order valence-corrected chi connectivity index (χ0v) is 11.9. The lowest BCUT2D eigenvalue weighted by atomic mass is 9.87. The third kappa shape index (κ3) is 2.74. The molecule has 0 saturated heterocycles. The molecular weight excluding hydrogens is 220 g/mol. The summed E-state index contributed by atoms with van der Waals surface area (Å²) in [5.41, 5.74) is 1.38. The van der Waals surface area contributed by atoms with Gasteiger partial charge in [0, 0.05) is 24.1 Å². The molecule has 0 saturated carbocycles. The van der Waals surface area contributed by atoms with Gasteiger partial charge in [0.15, 0.2) is 0 Å². The summed E-state index contributed by atoms with van der Waals surface area (Å²) in [6.45, 7) is 10.0. The highest BCUT2D eigenvalue weighted by molar-refractivity contribution is 5.63. The summed E-state index contributed by atoms with van der Waals surface area (Å²) in [6.07, 6.45) is 14.3. The van der Waals surface area contributed by atoms with Crippen molar-refractivity contribution in [3.05, 3.63) is 36.1 Å². The van der Waals surface area contributed by atoms with Gasteiger partial charge >= 0.3 is 0 Å². The fraction of sp³-hybridized carbons (Fsp3) is 0.562. The van der Waals surface area contributed by atoms with Gasteiger partial charge in [0.25, 0.3) is 0 Å². The Hall–Kier alpha value is -1.31. The van der Waals surface area contributed by atoms with Crippen molar-refractivity contribution in [2.75, 3.05) is 6.54 Å². The first-order valence-electron chi connectivity index (χ1n) is 6.94. The Bertz CT molecular complexity index is 415. The minimum absolute atomic E-state index is 0.180. The molecule has 1 aliphatic carbocycles. The largest absolute Gasteiger partial charge is 0.265 e. The van der Waals surface area contributed by atoms with Gasteiger partial charge in [-0.2, -0.15) is 5.10 Å². The van der Waals surface area contributed by atoms with Crippen LogP contribution in [-0.4, -0.2) is 17.8 Å². The van der Waals surface area contributed by atoms with Crippen LogP contribution in [0.1, 0.15) is 34.1 Å². The predicted molar refractivity (Wildman–Crippen MR) is 78.3 cm³/mol. The van der Waals surface area contributed by atoms with Gasteiger partial charge in [-0.3, -0.25) is 5.01 Å². The Morgan fingerprint density at radius 1 is 1.44 bits per heavy atom. The molecule has 98 valence electrons. The van der Waals surface area contributed by atoms with E-state index in [1.54, 1.807) is 0 Å². The van der Waals surface area contributed by atoms with Gasteiger partial charge in [0.05, 0.1) is 5.70 Å². The second-order valence-corrected chi connectivity index (χ2v) is 5.90. The van der Waals surface area contributed by atoms with E-state index in [9.17, 15) is 0 Å². The first-order chi connectivity index (χ1) is 8.54. The second kappa shape index (κ2) is 5.13. The average Bonchev–Trinajstić information content (AvgIpc) is 2.75. The molecule has 0 radical (unpaired) electrons. The molecule has 0 fully saturated rings. The maximum atomic E-state index is 4.53. The zero-order valence-electron chi connectivity index (χ0n) is 11.9. The molecule has 2 unspecified atom stereocenters. The van der Waals surface area contributed by atoms with Gasteiger partial charge < -0.3 is 0 Å². The summed E-state index contributed by atoms with van der Waals surface area (Å²) in [4.78, 5) is 0. The summed E-state index contributed by atoms with van der Waals surface area (Å²) in [5, 5.41) is 6.65. The molecule has 0 aromatic carbocycles. The number of hydrogen-bond donors (Lipinski definition) is 0. The molecular formula is C16H24N2. The van der Waals surface area contributed by atoms with E-state index in [4.69, 9.17) is 0 Å². The van der Waals surface area contributed by atoms with Crippen molar-refractivity contribution in [2.45, 2.75) is 34.1 Å². The molecule has 0 aromatic heterocycles. The fourth-order valence-electron chi connectivity index (χ4n) is 2.18.